The molecule has 2 aromatic carbocycles. The van der Waals surface area contributed by atoms with Crippen LogP contribution in [0, 0.1) is 0 Å². The molecule has 1 heterocycles. The zero-order valence-corrected chi connectivity index (χ0v) is 15.7. The zero-order valence-electron chi connectivity index (χ0n) is 15.7. The molecule has 3 rings (SSSR count). The standard InChI is InChI=1S/C21H24N2O4/c1-3-16-4-7-18(8-5-16)22-21(25)10-11-23(15(2)24)13-17-6-9-19-20(12-17)27-14-26-19/h4-9,12H,3,10-11,13-14H2,1-2H3,(H,22,25). The first-order valence-corrected chi connectivity index (χ1v) is 9.08. The van der Waals surface area contributed by atoms with Crippen molar-refractivity contribution in [3.05, 3.63) is 53.6 Å². The second-order valence-corrected chi connectivity index (χ2v) is 6.48. The highest BCUT2D eigenvalue weighted by atomic mass is 16.7. The molecule has 6 heteroatoms. The first kappa shape index (κ1) is 18.8. The van der Waals surface area contributed by atoms with Crippen molar-refractivity contribution in [2.45, 2.75) is 33.2 Å². The van der Waals surface area contributed by atoms with Crippen LogP contribution in [0.5, 0.6) is 11.5 Å². The van der Waals surface area contributed by atoms with Gasteiger partial charge in [-0.3, -0.25) is 9.59 Å². The number of nitrogens with zero attached hydrogens (tertiary/aromatic N) is 1. The molecule has 1 aliphatic rings. The highest BCUT2D eigenvalue weighted by Gasteiger charge is 2.16. The molecule has 0 aliphatic carbocycles. The third-order valence-corrected chi connectivity index (χ3v) is 4.51. The topological polar surface area (TPSA) is 67.9 Å². The van der Waals surface area contributed by atoms with Crippen LogP contribution in [0.2, 0.25) is 0 Å². The summed E-state index contributed by atoms with van der Waals surface area (Å²) in [6, 6.07) is 13.4. The van der Waals surface area contributed by atoms with Gasteiger partial charge in [-0.2, -0.15) is 0 Å². The number of amides is 2. The van der Waals surface area contributed by atoms with Crippen LogP contribution in [0.1, 0.15) is 31.4 Å². The lowest BCUT2D eigenvalue weighted by Crippen LogP contribution is -2.31. The van der Waals surface area contributed by atoms with Gasteiger partial charge in [-0.25, -0.2) is 0 Å². The summed E-state index contributed by atoms with van der Waals surface area (Å²) in [6.45, 7) is 4.58. The van der Waals surface area contributed by atoms with Crippen molar-refractivity contribution in [1.29, 1.82) is 0 Å². The SMILES string of the molecule is CCc1ccc(NC(=O)CCN(Cc2ccc3c(c2)OCO3)C(C)=O)cc1. The summed E-state index contributed by atoms with van der Waals surface area (Å²) in [4.78, 5) is 25.8. The average Bonchev–Trinajstić information content (AvgIpc) is 3.13. The minimum atomic E-state index is -0.115. The number of ether oxygens (including phenoxy) is 2. The van der Waals surface area contributed by atoms with E-state index >= 15 is 0 Å². The Labute approximate surface area is 159 Å². The minimum absolute atomic E-state index is 0.0761. The van der Waals surface area contributed by atoms with Gasteiger partial charge in [0.05, 0.1) is 0 Å². The third kappa shape index (κ3) is 5.00. The second kappa shape index (κ2) is 8.58. The molecule has 2 aromatic rings. The van der Waals surface area contributed by atoms with Gasteiger partial charge in [-0.15, -0.1) is 0 Å². The lowest BCUT2D eigenvalue weighted by atomic mass is 10.1. The Kier molecular flexibility index (Phi) is 5.96. The monoisotopic (exact) mass is 368 g/mol. The van der Waals surface area contributed by atoms with Crippen LogP contribution in [0.15, 0.2) is 42.5 Å². The van der Waals surface area contributed by atoms with Gasteiger partial charge in [0.1, 0.15) is 0 Å². The number of benzene rings is 2. The quantitative estimate of drug-likeness (QED) is 0.814. The zero-order chi connectivity index (χ0) is 19.2. The Bertz CT molecular complexity index is 817. The van der Waals surface area contributed by atoms with E-state index in [1.165, 1.54) is 12.5 Å². The fraction of sp³-hybridized carbons (Fsp3) is 0.333. The van der Waals surface area contributed by atoms with Crippen LogP contribution in [-0.4, -0.2) is 30.1 Å². The van der Waals surface area contributed by atoms with Crippen LogP contribution in [-0.2, 0) is 22.6 Å². The van der Waals surface area contributed by atoms with Gasteiger partial charge in [-0.1, -0.05) is 25.1 Å². The molecule has 1 N–H and O–H groups in total. The van der Waals surface area contributed by atoms with Crippen LogP contribution < -0.4 is 14.8 Å². The summed E-state index contributed by atoms with van der Waals surface area (Å²) in [5, 5.41) is 2.87. The van der Waals surface area contributed by atoms with Gasteiger partial charge >= 0.3 is 0 Å². The number of rotatable bonds is 7. The van der Waals surface area contributed by atoms with Crippen molar-refractivity contribution in [2.75, 3.05) is 18.7 Å². The van der Waals surface area contributed by atoms with Crippen LogP contribution >= 0.6 is 0 Å². The van der Waals surface area contributed by atoms with Crippen molar-refractivity contribution in [2.24, 2.45) is 0 Å². The summed E-state index contributed by atoms with van der Waals surface area (Å²) in [5.74, 6) is 1.20. The lowest BCUT2D eigenvalue weighted by molar-refractivity contribution is -0.129. The van der Waals surface area contributed by atoms with Crippen LogP contribution in [0.4, 0.5) is 5.69 Å². The first-order valence-electron chi connectivity index (χ1n) is 9.08. The molecule has 142 valence electrons. The van der Waals surface area contributed by atoms with E-state index in [4.69, 9.17) is 9.47 Å². The molecule has 0 atom stereocenters. The normalized spacial score (nSPS) is 11.9. The summed E-state index contributed by atoms with van der Waals surface area (Å²) >= 11 is 0. The van der Waals surface area contributed by atoms with Crippen molar-refractivity contribution in [1.82, 2.24) is 4.90 Å². The summed E-state index contributed by atoms with van der Waals surface area (Å²) in [5.41, 5.74) is 2.92. The molecule has 0 saturated heterocycles. The Balaban J connectivity index is 1.54. The van der Waals surface area contributed by atoms with E-state index in [1.54, 1.807) is 4.90 Å². The van der Waals surface area contributed by atoms with Gasteiger partial charge in [-0.05, 0) is 41.8 Å². The van der Waals surface area contributed by atoms with Gasteiger partial charge < -0.3 is 19.7 Å². The van der Waals surface area contributed by atoms with Crippen molar-refractivity contribution < 1.29 is 19.1 Å². The number of carbonyl (C=O) groups excluding carboxylic acids is 2. The summed E-state index contributed by atoms with van der Waals surface area (Å²) < 4.78 is 10.7. The minimum Gasteiger partial charge on any atom is -0.454 e. The van der Waals surface area contributed by atoms with E-state index in [0.717, 1.165) is 17.7 Å². The summed E-state index contributed by atoms with van der Waals surface area (Å²) in [7, 11) is 0. The number of hydrogen-bond acceptors (Lipinski definition) is 4. The fourth-order valence-corrected chi connectivity index (χ4v) is 2.89. The molecule has 0 bridgehead atoms. The fourth-order valence-electron chi connectivity index (χ4n) is 2.89. The number of nitrogens with one attached hydrogen (secondary N) is 1. The second-order valence-electron chi connectivity index (χ2n) is 6.48. The van der Waals surface area contributed by atoms with E-state index in [2.05, 4.69) is 12.2 Å². The molecular weight excluding hydrogens is 344 g/mol. The number of anilines is 1. The van der Waals surface area contributed by atoms with Crippen molar-refractivity contribution >= 4 is 17.5 Å². The Morgan fingerprint density at radius 3 is 2.44 bits per heavy atom. The molecule has 2 amide bonds. The van der Waals surface area contributed by atoms with E-state index in [1.807, 2.05) is 42.5 Å². The predicted octanol–water partition coefficient (Wildman–Crippen LogP) is 3.36. The van der Waals surface area contributed by atoms with Gasteiger partial charge in [0.25, 0.3) is 0 Å². The van der Waals surface area contributed by atoms with E-state index in [0.29, 0.717) is 24.6 Å². The largest absolute Gasteiger partial charge is 0.454 e. The predicted molar refractivity (Wildman–Crippen MR) is 103 cm³/mol. The molecular formula is C21H24N2O4. The van der Waals surface area contributed by atoms with Gasteiger partial charge in [0, 0.05) is 32.1 Å². The van der Waals surface area contributed by atoms with Gasteiger partial charge in [0.2, 0.25) is 18.6 Å². The highest BCUT2D eigenvalue weighted by Crippen LogP contribution is 2.32. The lowest BCUT2D eigenvalue weighted by Gasteiger charge is -2.21. The Morgan fingerprint density at radius 1 is 1.04 bits per heavy atom. The smallest absolute Gasteiger partial charge is 0.231 e. The molecule has 0 unspecified atom stereocenters. The number of fused-ring (bicyclic) bond motifs is 1. The molecule has 0 fully saturated rings. The Morgan fingerprint density at radius 2 is 1.74 bits per heavy atom. The Hall–Kier alpha value is -3.02. The maximum absolute atomic E-state index is 12.2. The molecule has 1 aliphatic heterocycles. The average molecular weight is 368 g/mol. The molecule has 0 saturated carbocycles. The highest BCUT2D eigenvalue weighted by molar-refractivity contribution is 5.91. The van der Waals surface area contributed by atoms with Crippen LogP contribution in [0.25, 0.3) is 0 Å². The molecule has 0 spiro atoms. The van der Waals surface area contributed by atoms with E-state index in [9.17, 15) is 9.59 Å². The maximum Gasteiger partial charge on any atom is 0.231 e. The molecule has 27 heavy (non-hydrogen) atoms. The van der Waals surface area contributed by atoms with Crippen LogP contribution in [0.3, 0.4) is 0 Å². The summed E-state index contributed by atoms with van der Waals surface area (Å²) in [6.07, 6.45) is 1.20. The van der Waals surface area contributed by atoms with Crippen molar-refractivity contribution in [3.8, 4) is 11.5 Å². The van der Waals surface area contributed by atoms with E-state index < -0.39 is 0 Å². The third-order valence-electron chi connectivity index (χ3n) is 4.51. The molecule has 0 radical (unpaired) electrons. The maximum atomic E-state index is 12.2. The molecule has 6 nitrogen and oxygen atoms in total. The van der Waals surface area contributed by atoms with Crippen molar-refractivity contribution in [3.63, 3.8) is 0 Å². The van der Waals surface area contributed by atoms with Gasteiger partial charge in [0.15, 0.2) is 11.5 Å². The number of carbonyl (C=O) groups is 2. The van der Waals surface area contributed by atoms with E-state index in [-0.39, 0.29) is 25.0 Å². The first-order chi connectivity index (χ1) is 13.0. The number of hydrogen-bond donors (Lipinski definition) is 1. The number of aryl methyl sites for hydroxylation is 1. The molecule has 0 aromatic heterocycles.